The molecule has 1 N–H and O–H groups in total. The molecule has 2 rings (SSSR count). The van der Waals surface area contributed by atoms with Crippen molar-refractivity contribution in [3.05, 3.63) is 0 Å². The topological polar surface area (TPSA) is 41.6 Å². The first-order chi connectivity index (χ1) is 8.44. The number of hydrogen-bond acceptors (Lipinski definition) is 3. The van der Waals surface area contributed by atoms with Crippen molar-refractivity contribution in [1.29, 1.82) is 0 Å². The van der Waals surface area contributed by atoms with Gasteiger partial charge in [0.25, 0.3) is 0 Å². The lowest BCUT2D eigenvalue weighted by molar-refractivity contribution is -0.125. The van der Waals surface area contributed by atoms with Crippen LogP contribution >= 0.6 is 0 Å². The normalized spacial score (nSPS) is 32.4. The van der Waals surface area contributed by atoms with Gasteiger partial charge in [-0.3, -0.25) is 9.69 Å². The fourth-order valence-electron chi connectivity index (χ4n) is 3.00. The lowest BCUT2D eigenvalue weighted by Gasteiger charge is -2.36. The number of likely N-dealkylation sites (tertiary alicyclic amines) is 1. The van der Waals surface area contributed by atoms with Crippen LogP contribution in [0.2, 0.25) is 0 Å². The van der Waals surface area contributed by atoms with Gasteiger partial charge in [0.2, 0.25) is 5.91 Å². The number of carbonyl (C=O) groups excluding carboxylic acids is 1. The molecule has 0 aromatic carbocycles. The SMILES string of the molecule is C[C@@H]1CCN(CC(=O)N[C@@H]2CCOC(C)(C)C2)C1. The van der Waals surface area contributed by atoms with Crippen LogP contribution in [0.5, 0.6) is 0 Å². The number of ether oxygens (including phenoxy) is 1. The summed E-state index contributed by atoms with van der Waals surface area (Å²) in [5.41, 5.74) is -0.0989. The maximum atomic E-state index is 12.0. The molecular formula is C14H26N2O2. The quantitative estimate of drug-likeness (QED) is 0.828. The van der Waals surface area contributed by atoms with Gasteiger partial charge in [0.05, 0.1) is 12.1 Å². The van der Waals surface area contributed by atoms with Crippen molar-refractivity contribution in [2.24, 2.45) is 5.92 Å². The van der Waals surface area contributed by atoms with E-state index in [1.807, 2.05) is 0 Å². The van der Waals surface area contributed by atoms with Gasteiger partial charge in [-0.1, -0.05) is 6.92 Å². The minimum Gasteiger partial charge on any atom is -0.375 e. The number of nitrogens with zero attached hydrogens (tertiary/aromatic N) is 1. The molecule has 2 atom stereocenters. The zero-order chi connectivity index (χ0) is 13.2. The van der Waals surface area contributed by atoms with Crippen molar-refractivity contribution in [2.45, 2.75) is 51.7 Å². The van der Waals surface area contributed by atoms with Crippen molar-refractivity contribution >= 4 is 5.91 Å². The Morgan fingerprint density at radius 1 is 1.44 bits per heavy atom. The maximum absolute atomic E-state index is 12.0. The van der Waals surface area contributed by atoms with Crippen LogP contribution in [0.25, 0.3) is 0 Å². The highest BCUT2D eigenvalue weighted by molar-refractivity contribution is 5.78. The molecule has 1 amide bonds. The van der Waals surface area contributed by atoms with Crippen molar-refractivity contribution < 1.29 is 9.53 Å². The van der Waals surface area contributed by atoms with Crippen LogP contribution in [0.15, 0.2) is 0 Å². The summed E-state index contributed by atoms with van der Waals surface area (Å²) in [6.07, 6.45) is 3.07. The molecule has 0 aromatic heterocycles. The lowest BCUT2D eigenvalue weighted by atomic mass is 9.94. The third kappa shape index (κ3) is 3.95. The van der Waals surface area contributed by atoms with E-state index in [-0.39, 0.29) is 17.6 Å². The third-order valence-corrected chi connectivity index (χ3v) is 3.94. The average Bonchev–Trinajstić information content (AvgIpc) is 2.62. The molecule has 0 spiro atoms. The molecular weight excluding hydrogens is 228 g/mol. The Balaban J connectivity index is 1.74. The molecule has 2 fully saturated rings. The van der Waals surface area contributed by atoms with Crippen LogP contribution in [-0.4, -0.2) is 48.7 Å². The van der Waals surface area contributed by atoms with Gasteiger partial charge in [-0.2, -0.15) is 0 Å². The smallest absolute Gasteiger partial charge is 0.234 e. The fourth-order valence-corrected chi connectivity index (χ4v) is 3.00. The Morgan fingerprint density at radius 3 is 2.83 bits per heavy atom. The molecule has 2 aliphatic heterocycles. The zero-order valence-electron chi connectivity index (χ0n) is 11.9. The summed E-state index contributed by atoms with van der Waals surface area (Å²) in [4.78, 5) is 14.2. The molecule has 4 heteroatoms. The van der Waals surface area contributed by atoms with Gasteiger partial charge in [0.1, 0.15) is 0 Å². The molecule has 2 aliphatic rings. The molecule has 0 radical (unpaired) electrons. The van der Waals surface area contributed by atoms with E-state index >= 15 is 0 Å². The van der Waals surface area contributed by atoms with E-state index in [2.05, 4.69) is 31.0 Å². The molecule has 2 saturated heterocycles. The second kappa shape index (κ2) is 5.57. The largest absolute Gasteiger partial charge is 0.375 e. The highest BCUT2D eigenvalue weighted by Crippen LogP contribution is 2.23. The van der Waals surface area contributed by atoms with Gasteiger partial charge < -0.3 is 10.1 Å². The van der Waals surface area contributed by atoms with Crippen molar-refractivity contribution in [3.63, 3.8) is 0 Å². The van der Waals surface area contributed by atoms with Crippen molar-refractivity contribution in [2.75, 3.05) is 26.2 Å². The Bertz CT molecular complexity index is 304. The van der Waals surface area contributed by atoms with Gasteiger partial charge in [-0.15, -0.1) is 0 Å². The predicted molar refractivity (Wildman–Crippen MR) is 71.4 cm³/mol. The van der Waals surface area contributed by atoms with E-state index in [4.69, 9.17) is 4.74 Å². The summed E-state index contributed by atoms with van der Waals surface area (Å²) in [7, 11) is 0. The van der Waals surface area contributed by atoms with Crippen LogP contribution in [0.3, 0.4) is 0 Å². The minimum atomic E-state index is -0.0989. The summed E-state index contributed by atoms with van der Waals surface area (Å²) in [6.45, 7) is 9.86. The number of hydrogen-bond donors (Lipinski definition) is 1. The zero-order valence-corrected chi connectivity index (χ0v) is 11.9. The molecule has 0 bridgehead atoms. The number of rotatable bonds is 3. The monoisotopic (exact) mass is 254 g/mol. The summed E-state index contributed by atoms with van der Waals surface area (Å²) < 4.78 is 5.66. The van der Waals surface area contributed by atoms with E-state index in [0.29, 0.717) is 6.54 Å². The predicted octanol–water partition coefficient (Wildman–Crippen LogP) is 1.40. The lowest BCUT2D eigenvalue weighted by Crippen LogP contribution is -2.48. The summed E-state index contributed by atoms with van der Waals surface area (Å²) >= 11 is 0. The highest BCUT2D eigenvalue weighted by atomic mass is 16.5. The molecule has 104 valence electrons. The van der Waals surface area contributed by atoms with Gasteiger partial charge >= 0.3 is 0 Å². The molecule has 0 unspecified atom stereocenters. The van der Waals surface area contributed by atoms with Gasteiger partial charge in [0.15, 0.2) is 0 Å². The maximum Gasteiger partial charge on any atom is 0.234 e. The first kappa shape index (κ1) is 13.8. The molecule has 0 saturated carbocycles. The van der Waals surface area contributed by atoms with E-state index in [1.54, 1.807) is 0 Å². The summed E-state index contributed by atoms with van der Waals surface area (Å²) in [5, 5.41) is 3.16. The van der Waals surface area contributed by atoms with Gasteiger partial charge in [-0.05, 0) is 45.6 Å². The van der Waals surface area contributed by atoms with Crippen molar-refractivity contribution in [3.8, 4) is 0 Å². The van der Waals surface area contributed by atoms with Crippen LogP contribution < -0.4 is 5.32 Å². The molecule has 4 nitrogen and oxygen atoms in total. The van der Waals surface area contributed by atoms with Crippen LogP contribution in [0.4, 0.5) is 0 Å². The minimum absolute atomic E-state index is 0.0989. The van der Waals surface area contributed by atoms with Gasteiger partial charge in [0, 0.05) is 19.2 Å². The van der Waals surface area contributed by atoms with E-state index in [1.165, 1.54) is 6.42 Å². The Hall–Kier alpha value is -0.610. The highest BCUT2D eigenvalue weighted by Gasteiger charge is 2.30. The second-order valence-corrected chi connectivity index (χ2v) is 6.49. The average molecular weight is 254 g/mol. The standard InChI is InChI=1S/C14H26N2O2/c1-11-4-6-16(9-11)10-13(17)15-12-5-7-18-14(2,3)8-12/h11-12H,4-10H2,1-3H3,(H,15,17)/t11-,12-/m1/s1. The van der Waals surface area contributed by atoms with Gasteiger partial charge in [-0.25, -0.2) is 0 Å². The Morgan fingerprint density at radius 2 is 2.22 bits per heavy atom. The Labute approximate surface area is 110 Å². The van der Waals surface area contributed by atoms with E-state index in [0.717, 1.165) is 38.5 Å². The third-order valence-electron chi connectivity index (χ3n) is 3.94. The van der Waals surface area contributed by atoms with Crippen LogP contribution in [-0.2, 0) is 9.53 Å². The second-order valence-electron chi connectivity index (χ2n) is 6.49. The van der Waals surface area contributed by atoms with Crippen LogP contribution in [0, 0.1) is 5.92 Å². The summed E-state index contributed by atoms with van der Waals surface area (Å²) in [6, 6.07) is 0.279. The first-order valence-electron chi connectivity index (χ1n) is 7.10. The number of amides is 1. The molecule has 2 heterocycles. The Kier molecular flexibility index (Phi) is 4.28. The first-order valence-corrected chi connectivity index (χ1v) is 7.10. The number of nitrogens with one attached hydrogen (secondary N) is 1. The molecule has 0 aliphatic carbocycles. The van der Waals surface area contributed by atoms with Crippen molar-refractivity contribution in [1.82, 2.24) is 10.2 Å². The van der Waals surface area contributed by atoms with Crippen LogP contribution in [0.1, 0.15) is 40.0 Å². The fraction of sp³-hybridized carbons (Fsp3) is 0.929. The number of carbonyl (C=O) groups is 1. The molecule has 18 heavy (non-hydrogen) atoms. The molecule has 0 aromatic rings. The summed E-state index contributed by atoms with van der Waals surface area (Å²) in [5.74, 6) is 0.909. The van der Waals surface area contributed by atoms with E-state index < -0.39 is 0 Å². The van der Waals surface area contributed by atoms with E-state index in [9.17, 15) is 4.79 Å².